The summed E-state index contributed by atoms with van der Waals surface area (Å²) < 4.78 is 33.6. The van der Waals surface area contributed by atoms with Crippen molar-refractivity contribution < 1.29 is 12.8 Å². The maximum atomic E-state index is 12.5. The predicted molar refractivity (Wildman–Crippen MR) is 58.9 cm³/mol. The molecule has 15 heavy (non-hydrogen) atoms. The van der Waals surface area contributed by atoms with Crippen molar-refractivity contribution in [3.05, 3.63) is 47.8 Å². The van der Waals surface area contributed by atoms with Gasteiger partial charge in [-0.3, -0.25) is 0 Å². The molecule has 1 aromatic rings. The summed E-state index contributed by atoms with van der Waals surface area (Å²) in [6, 6.07) is 6.02. The Balaban J connectivity index is 2.47. The summed E-state index contributed by atoms with van der Waals surface area (Å²) in [6.45, 7) is 0. The molecule has 1 aromatic carbocycles. The molecule has 0 radical (unpaired) electrons. The Morgan fingerprint density at radius 2 is 1.80 bits per heavy atom. The Kier molecular flexibility index (Phi) is 4.29. The molecule has 0 spiro atoms. The van der Waals surface area contributed by atoms with Gasteiger partial charge in [0.1, 0.15) is 5.82 Å². The van der Waals surface area contributed by atoms with Crippen molar-refractivity contribution in [3.63, 3.8) is 0 Å². The molecule has 0 fully saturated rings. The van der Waals surface area contributed by atoms with Crippen LogP contribution in [-0.4, -0.2) is 14.2 Å². The molecular formula is C10H10ClFO2S. The van der Waals surface area contributed by atoms with Crippen molar-refractivity contribution in [2.24, 2.45) is 0 Å². The van der Waals surface area contributed by atoms with Gasteiger partial charge < -0.3 is 0 Å². The second-order valence-corrected chi connectivity index (χ2v) is 5.83. The summed E-state index contributed by atoms with van der Waals surface area (Å²) in [5.74, 6) is -0.471. The Morgan fingerprint density at radius 1 is 1.20 bits per heavy atom. The van der Waals surface area contributed by atoms with Crippen LogP contribution >= 0.6 is 10.7 Å². The van der Waals surface area contributed by atoms with Crippen LogP contribution < -0.4 is 0 Å². The van der Waals surface area contributed by atoms with Crippen molar-refractivity contribution in [1.82, 2.24) is 0 Å². The first kappa shape index (κ1) is 12.2. The van der Waals surface area contributed by atoms with Gasteiger partial charge in [0.15, 0.2) is 0 Å². The molecule has 0 N–H and O–H groups in total. The van der Waals surface area contributed by atoms with Gasteiger partial charge in [-0.15, -0.1) is 0 Å². The maximum Gasteiger partial charge on any atom is 0.236 e. The lowest BCUT2D eigenvalue weighted by atomic mass is 10.1. The zero-order valence-corrected chi connectivity index (χ0v) is 9.43. The highest BCUT2D eigenvalue weighted by Crippen LogP contribution is 2.04. The first-order valence-electron chi connectivity index (χ1n) is 4.29. The van der Waals surface area contributed by atoms with E-state index in [4.69, 9.17) is 10.7 Å². The number of rotatable bonds is 4. The highest BCUT2D eigenvalue weighted by Gasteiger charge is 1.99. The molecular weight excluding hydrogens is 239 g/mol. The Bertz CT molecular complexity index is 437. The van der Waals surface area contributed by atoms with Gasteiger partial charge in [-0.2, -0.15) is 0 Å². The quantitative estimate of drug-likeness (QED) is 0.606. The number of hydrogen-bond acceptors (Lipinski definition) is 2. The summed E-state index contributed by atoms with van der Waals surface area (Å²) >= 11 is 0. The summed E-state index contributed by atoms with van der Waals surface area (Å²) in [7, 11) is 1.55. The molecule has 0 heterocycles. The van der Waals surface area contributed by atoms with Gasteiger partial charge in [0.2, 0.25) is 9.05 Å². The third kappa shape index (κ3) is 5.54. The molecule has 82 valence electrons. The van der Waals surface area contributed by atoms with Gasteiger partial charge in [-0.05, 0) is 24.1 Å². The first-order valence-corrected chi connectivity index (χ1v) is 6.77. The number of hydrogen-bond donors (Lipinski definition) is 0. The highest BCUT2D eigenvalue weighted by molar-refractivity contribution is 8.13. The van der Waals surface area contributed by atoms with Gasteiger partial charge in [0, 0.05) is 10.7 Å². The smallest absolute Gasteiger partial charge is 0.212 e. The van der Waals surface area contributed by atoms with Gasteiger partial charge in [-0.1, -0.05) is 24.3 Å². The molecule has 0 atom stereocenters. The average molecular weight is 249 g/mol. The summed E-state index contributed by atoms with van der Waals surface area (Å²) in [6.07, 6.45) is 3.73. The predicted octanol–water partition coefficient (Wildman–Crippen LogP) is 2.49. The SMILES string of the molecule is O=S(=O)(Cl)C/C=C\Cc1ccc(F)cc1. The normalized spacial score (nSPS) is 12.1. The van der Waals surface area contributed by atoms with Crippen LogP contribution in [0.4, 0.5) is 4.39 Å². The van der Waals surface area contributed by atoms with Crippen LogP contribution in [0.15, 0.2) is 36.4 Å². The fraction of sp³-hybridized carbons (Fsp3) is 0.200. The molecule has 0 aliphatic heterocycles. The highest BCUT2D eigenvalue weighted by atomic mass is 35.7. The van der Waals surface area contributed by atoms with E-state index in [1.165, 1.54) is 18.2 Å². The van der Waals surface area contributed by atoms with Crippen LogP contribution in [0.5, 0.6) is 0 Å². The van der Waals surface area contributed by atoms with Crippen molar-refractivity contribution in [2.45, 2.75) is 6.42 Å². The second-order valence-electron chi connectivity index (χ2n) is 3.01. The molecule has 0 unspecified atom stereocenters. The standard InChI is InChI=1S/C10H10ClFO2S/c11-15(13,14)8-2-1-3-9-4-6-10(12)7-5-9/h1-2,4-7H,3,8H2/b2-1-. The molecule has 5 heteroatoms. The van der Waals surface area contributed by atoms with Crippen molar-refractivity contribution in [2.75, 3.05) is 5.75 Å². The van der Waals surface area contributed by atoms with E-state index in [0.29, 0.717) is 6.42 Å². The van der Waals surface area contributed by atoms with Crippen molar-refractivity contribution >= 4 is 19.7 Å². The Hall–Kier alpha value is -0.870. The molecule has 0 aliphatic rings. The summed E-state index contributed by atoms with van der Waals surface area (Å²) in [5.41, 5.74) is 0.916. The molecule has 0 aliphatic carbocycles. The van der Waals surface area contributed by atoms with E-state index in [-0.39, 0.29) is 11.6 Å². The van der Waals surface area contributed by atoms with Crippen molar-refractivity contribution in [1.29, 1.82) is 0 Å². The zero-order chi connectivity index (χ0) is 11.3. The van der Waals surface area contributed by atoms with Crippen LogP contribution in [0, 0.1) is 5.82 Å². The van der Waals surface area contributed by atoms with Crippen LogP contribution in [0.1, 0.15) is 5.56 Å². The van der Waals surface area contributed by atoms with Crippen LogP contribution in [0.3, 0.4) is 0 Å². The first-order chi connectivity index (χ1) is 6.97. The fourth-order valence-corrected chi connectivity index (χ4v) is 1.61. The van der Waals surface area contributed by atoms with E-state index in [9.17, 15) is 12.8 Å². The fourth-order valence-electron chi connectivity index (χ4n) is 1.02. The van der Waals surface area contributed by atoms with Crippen LogP contribution in [0.25, 0.3) is 0 Å². The van der Waals surface area contributed by atoms with E-state index in [1.54, 1.807) is 18.2 Å². The monoisotopic (exact) mass is 248 g/mol. The lowest BCUT2D eigenvalue weighted by Gasteiger charge is -1.95. The molecule has 0 bridgehead atoms. The number of allylic oxidation sites excluding steroid dienone is 1. The maximum absolute atomic E-state index is 12.5. The van der Waals surface area contributed by atoms with Crippen molar-refractivity contribution in [3.8, 4) is 0 Å². The minimum Gasteiger partial charge on any atom is -0.212 e. The topological polar surface area (TPSA) is 34.1 Å². The van der Waals surface area contributed by atoms with E-state index >= 15 is 0 Å². The zero-order valence-electron chi connectivity index (χ0n) is 7.86. The van der Waals surface area contributed by atoms with Gasteiger partial charge >= 0.3 is 0 Å². The largest absolute Gasteiger partial charge is 0.236 e. The third-order valence-electron chi connectivity index (χ3n) is 1.73. The van der Waals surface area contributed by atoms with Gasteiger partial charge in [-0.25, -0.2) is 12.8 Å². The van der Waals surface area contributed by atoms with Crippen LogP contribution in [0.2, 0.25) is 0 Å². The van der Waals surface area contributed by atoms with Crippen LogP contribution in [-0.2, 0) is 15.5 Å². The molecule has 0 aromatic heterocycles. The summed E-state index contributed by atoms with van der Waals surface area (Å²) in [5, 5.41) is 0. The Labute approximate surface area is 92.8 Å². The van der Waals surface area contributed by atoms with E-state index in [1.807, 2.05) is 0 Å². The minimum absolute atomic E-state index is 0.185. The Morgan fingerprint density at radius 3 is 2.33 bits per heavy atom. The average Bonchev–Trinajstić information content (AvgIpc) is 2.14. The number of benzene rings is 1. The lowest BCUT2D eigenvalue weighted by Crippen LogP contribution is -1.92. The van der Waals surface area contributed by atoms with E-state index < -0.39 is 9.05 Å². The molecule has 1 rings (SSSR count). The third-order valence-corrected chi connectivity index (χ3v) is 2.70. The van der Waals surface area contributed by atoms with E-state index in [2.05, 4.69) is 0 Å². The minimum atomic E-state index is -3.46. The summed E-state index contributed by atoms with van der Waals surface area (Å²) in [4.78, 5) is 0. The molecule has 0 saturated carbocycles. The lowest BCUT2D eigenvalue weighted by molar-refractivity contribution is 0.612. The van der Waals surface area contributed by atoms with Gasteiger partial charge in [0.25, 0.3) is 0 Å². The molecule has 0 amide bonds. The second kappa shape index (κ2) is 5.28. The molecule has 2 nitrogen and oxygen atoms in total. The molecule has 0 saturated heterocycles. The number of halogens is 2. The van der Waals surface area contributed by atoms with Gasteiger partial charge in [0.05, 0.1) is 5.75 Å². The van der Waals surface area contributed by atoms with E-state index in [0.717, 1.165) is 5.56 Å².